The molecule has 0 N–H and O–H groups in total. The van der Waals surface area contributed by atoms with Crippen molar-refractivity contribution in [3.05, 3.63) is 0 Å². The maximum Gasteiger partial charge on any atom is 0.312 e. The minimum Gasteiger partial charge on any atom is -0.469 e. The molecule has 0 aromatic heterocycles. The number of carbonyl (C=O) groups is 2. The normalized spacial score (nSPS) is 51.9. The number of hydrogen-bond donors (Lipinski definition) is 0. The first-order valence-electron chi connectivity index (χ1n) is 12.7. The van der Waals surface area contributed by atoms with E-state index in [9.17, 15) is 9.59 Å². The maximum absolute atomic E-state index is 12.9. The van der Waals surface area contributed by atoms with Gasteiger partial charge in [0.2, 0.25) is 0 Å². The van der Waals surface area contributed by atoms with Crippen molar-refractivity contribution in [1.29, 1.82) is 0 Å². The number of fused-ring (bicyclic) bond motifs is 7. The Morgan fingerprint density at radius 2 is 1.60 bits per heavy atom. The van der Waals surface area contributed by atoms with Crippen LogP contribution in [0, 0.1) is 51.2 Å². The zero-order chi connectivity index (χ0) is 21.5. The first kappa shape index (κ1) is 21.0. The van der Waals surface area contributed by atoms with Crippen LogP contribution in [0.5, 0.6) is 0 Å². The molecule has 168 valence electrons. The second kappa shape index (κ2) is 6.58. The van der Waals surface area contributed by atoms with Crippen molar-refractivity contribution in [2.75, 3.05) is 7.11 Å². The molecule has 3 nitrogen and oxygen atoms in total. The lowest BCUT2D eigenvalue weighted by atomic mass is 9.36. The molecule has 5 aliphatic carbocycles. The molecule has 8 unspecified atom stereocenters. The first-order valence-corrected chi connectivity index (χ1v) is 12.7. The Morgan fingerprint density at radius 3 is 2.33 bits per heavy atom. The number of Topliss-reactive ketones (excluding diaryl/α,β-unsaturated/α-hetero) is 1. The Bertz CT molecular complexity index is 755. The van der Waals surface area contributed by atoms with Crippen molar-refractivity contribution in [2.24, 2.45) is 51.2 Å². The van der Waals surface area contributed by atoms with Crippen molar-refractivity contribution in [3.63, 3.8) is 0 Å². The van der Waals surface area contributed by atoms with E-state index >= 15 is 0 Å². The highest BCUT2D eigenvalue weighted by atomic mass is 16.5. The van der Waals surface area contributed by atoms with Gasteiger partial charge in [0, 0.05) is 11.8 Å². The first-order chi connectivity index (χ1) is 14.1. The third kappa shape index (κ3) is 2.44. The minimum absolute atomic E-state index is 0.0824. The molecule has 0 aliphatic heterocycles. The van der Waals surface area contributed by atoms with Crippen LogP contribution in [0.25, 0.3) is 0 Å². The van der Waals surface area contributed by atoms with Crippen LogP contribution < -0.4 is 0 Å². The van der Waals surface area contributed by atoms with E-state index in [0.717, 1.165) is 37.5 Å². The average Bonchev–Trinajstić information content (AvgIpc) is 3.16. The van der Waals surface area contributed by atoms with Crippen LogP contribution in [0.4, 0.5) is 0 Å². The number of ether oxygens (including phenoxy) is 1. The molecule has 3 heteroatoms. The lowest BCUT2D eigenvalue weighted by Crippen LogP contribution is -2.62. The summed E-state index contributed by atoms with van der Waals surface area (Å²) in [6.45, 7) is 9.62. The van der Waals surface area contributed by atoms with E-state index in [1.54, 1.807) is 7.11 Å². The zero-order valence-electron chi connectivity index (χ0n) is 19.9. The summed E-state index contributed by atoms with van der Waals surface area (Å²) in [6.07, 6.45) is 12.6. The number of rotatable bonds is 1. The van der Waals surface area contributed by atoms with Gasteiger partial charge in [-0.1, -0.05) is 34.1 Å². The largest absolute Gasteiger partial charge is 0.469 e. The van der Waals surface area contributed by atoms with E-state index in [4.69, 9.17) is 4.74 Å². The van der Waals surface area contributed by atoms with Crippen molar-refractivity contribution in [2.45, 2.75) is 98.3 Å². The number of hydrogen-bond acceptors (Lipinski definition) is 3. The zero-order valence-corrected chi connectivity index (χ0v) is 19.9. The van der Waals surface area contributed by atoms with Gasteiger partial charge in [0.1, 0.15) is 5.78 Å². The van der Waals surface area contributed by atoms with Crippen LogP contribution in [-0.4, -0.2) is 18.9 Å². The predicted octanol–water partition coefficient (Wildman–Crippen LogP) is 6.19. The Hall–Kier alpha value is -0.860. The van der Waals surface area contributed by atoms with Gasteiger partial charge >= 0.3 is 5.97 Å². The monoisotopic (exact) mass is 414 g/mol. The van der Waals surface area contributed by atoms with Gasteiger partial charge in [0.05, 0.1) is 12.5 Å². The SMILES string of the molecule is COC(=O)C12CCCC1C1CCC3C(C)(CCC4C(C)(C)C(=O)CCC43C)C1CC2. The summed E-state index contributed by atoms with van der Waals surface area (Å²) in [7, 11) is 1.59. The van der Waals surface area contributed by atoms with Crippen LogP contribution in [0.3, 0.4) is 0 Å². The molecular weight excluding hydrogens is 372 g/mol. The molecule has 8 atom stereocenters. The molecular formula is C27H42O3. The molecule has 5 rings (SSSR count). The van der Waals surface area contributed by atoms with Gasteiger partial charge in [0.25, 0.3) is 0 Å². The standard InChI is InChI=1S/C27H42O3/c1-24(2)20-11-14-25(3)18-10-16-27(23(29)30-5)13-6-7-19(27)17(18)8-9-21(25)26(20,4)15-12-22(24)28/h17-21H,6-16H2,1-5H3. The minimum atomic E-state index is -0.181. The summed E-state index contributed by atoms with van der Waals surface area (Å²) in [4.78, 5) is 25.7. The van der Waals surface area contributed by atoms with Crippen LogP contribution in [-0.2, 0) is 14.3 Å². The van der Waals surface area contributed by atoms with Gasteiger partial charge in [-0.25, -0.2) is 0 Å². The molecule has 30 heavy (non-hydrogen) atoms. The second-order valence-corrected chi connectivity index (χ2v) is 12.8. The van der Waals surface area contributed by atoms with Crippen molar-refractivity contribution < 1.29 is 14.3 Å². The number of carbonyl (C=O) groups excluding carboxylic acids is 2. The van der Waals surface area contributed by atoms with Crippen molar-refractivity contribution in [3.8, 4) is 0 Å². The molecule has 0 saturated heterocycles. The van der Waals surface area contributed by atoms with Crippen LogP contribution in [0.2, 0.25) is 0 Å². The topological polar surface area (TPSA) is 43.4 Å². The van der Waals surface area contributed by atoms with Gasteiger partial charge in [-0.15, -0.1) is 0 Å². The summed E-state index contributed by atoms with van der Waals surface area (Å²) < 4.78 is 5.35. The number of esters is 1. The number of ketones is 1. The van der Waals surface area contributed by atoms with Crippen molar-refractivity contribution in [1.82, 2.24) is 0 Å². The summed E-state index contributed by atoms with van der Waals surface area (Å²) in [5, 5.41) is 0. The highest BCUT2D eigenvalue weighted by Gasteiger charge is 2.67. The molecule has 0 bridgehead atoms. The lowest BCUT2D eigenvalue weighted by Gasteiger charge is -2.68. The third-order valence-corrected chi connectivity index (χ3v) is 11.9. The Morgan fingerprint density at radius 1 is 0.833 bits per heavy atom. The smallest absolute Gasteiger partial charge is 0.312 e. The lowest BCUT2D eigenvalue weighted by molar-refractivity contribution is -0.200. The third-order valence-electron chi connectivity index (χ3n) is 11.9. The van der Waals surface area contributed by atoms with Crippen LogP contribution >= 0.6 is 0 Å². The predicted molar refractivity (Wildman–Crippen MR) is 118 cm³/mol. The van der Waals surface area contributed by atoms with Gasteiger partial charge in [-0.3, -0.25) is 9.59 Å². The maximum atomic E-state index is 12.9. The summed E-state index contributed by atoms with van der Waals surface area (Å²) in [6, 6.07) is 0. The molecule has 0 aromatic carbocycles. The summed E-state index contributed by atoms with van der Waals surface area (Å²) in [5.74, 6) is 3.81. The van der Waals surface area contributed by atoms with E-state index in [1.165, 1.54) is 44.9 Å². The van der Waals surface area contributed by atoms with Crippen molar-refractivity contribution >= 4 is 11.8 Å². The van der Waals surface area contributed by atoms with Gasteiger partial charge in [0.15, 0.2) is 0 Å². The Labute approximate surface area is 183 Å². The van der Waals surface area contributed by atoms with Crippen LogP contribution in [0.1, 0.15) is 98.3 Å². The fraction of sp³-hybridized carbons (Fsp3) is 0.926. The molecule has 5 aliphatic rings. The Kier molecular flexibility index (Phi) is 4.61. The number of methoxy groups -OCH3 is 1. The fourth-order valence-electron chi connectivity index (χ4n) is 10.6. The van der Waals surface area contributed by atoms with Gasteiger partial charge in [-0.2, -0.15) is 0 Å². The molecule has 0 radical (unpaired) electrons. The summed E-state index contributed by atoms with van der Waals surface area (Å²) in [5.41, 5.74) is 0.320. The highest BCUT2D eigenvalue weighted by molar-refractivity contribution is 5.85. The van der Waals surface area contributed by atoms with Gasteiger partial charge in [-0.05, 0) is 98.2 Å². The molecule has 0 aromatic rings. The van der Waals surface area contributed by atoms with E-state index in [1.807, 2.05) is 0 Å². The van der Waals surface area contributed by atoms with E-state index in [2.05, 4.69) is 27.7 Å². The molecule has 0 amide bonds. The van der Waals surface area contributed by atoms with E-state index in [-0.39, 0.29) is 16.8 Å². The molecule has 5 saturated carbocycles. The van der Waals surface area contributed by atoms with E-state index in [0.29, 0.717) is 34.4 Å². The Balaban J connectivity index is 1.48. The molecule has 0 spiro atoms. The molecule has 0 heterocycles. The van der Waals surface area contributed by atoms with E-state index < -0.39 is 0 Å². The highest BCUT2D eigenvalue weighted by Crippen LogP contribution is 2.72. The summed E-state index contributed by atoms with van der Waals surface area (Å²) >= 11 is 0. The second-order valence-electron chi connectivity index (χ2n) is 12.8. The van der Waals surface area contributed by atoms with Crippen LogP contribution in [0.15, 0.2) is 0 Å². The fourth-order valence-corrected chi connectivity index (χ4v) is 10.6. The molecule has 5 fully saturated rings. The quantitative estimate of drug-likeness (QED) is 0.480. The average molecular weight is 415 g/mol. The van der Waals surface area contributed by atoms with Gasteiger partial charge < -0.3 is 4.74 Å².